The molecule has 0 amide bonds. The van der Waals surface area contributed by atoms with Crippen LogP contribution in [0.2, 0.25) is 0 Å². The largest absolute Gasteiger partial charge is 1.00 e. The third-order valence-electron chi connectivity index (χ3n) is 0.0786. The molecule has 0 unspecified atom stereocenters. The Morgan fingerprint density at radius 2 is 1.43 bits per heavy atom. The Hall–Kier alpha value is 0.865. The molecule has 7 heteroatoms. The van der Waals surface area contributed by atoms with Crippen molar-refractivity contribution in [2.45, 2.75) is 0 Å². The standard InChI is InChI=1S/BHO4.Na.H2O/c2-1(3)5-4;;/h4H;;1H2/q-2;+1;/p-1. The molecule has 0 saturated carbocycles. The first-order valence-corrected chi connectivity index (χ1v) is 0.874. The van der Waals surface area contributed by atoms with Gasteiger partial charge < -0.3 is 25.6 Å². The zero-order valence-electron chi connectivity index (χ0n) is 3.71. The molecule has 0 rings (SSSR count). The fourth-order valence-corrected chi connectivity index (χ4v) is 0. The predicted molar refractivity (Wildman–Crippen MR) is 10.5 cm³/mol. The summed E-state index contributed by atoms with van der Waals surface area (Å²) in [6.07, 6.45) is 0. The molecule has 0 aromatic rings. The van der Waals surface area contributed by atoms with Gasteiger partial charge in [0.15, 0.2) is 0 Å². The van der Waals surface area contributed by atoms with Gasteiger partial charge in [-0.15, -0.1) is 0 Å². The van der Waals surface area contributed by atoms with E-state index in [0.717, 1.165) is 0 Å². The molecule has 0 heterocycles. The molecule has 2 N–H and O–H groups in total. The Kier molecular flexibility index (Phi) is 22.3. The van der Waals surface area contributed by atoms with Crippen molar-refractivity contribution in [3.8, 4) is 0 Å². The molecule has 0 aliphatic carbocycles. The van der Waals surface area contributed by atoms with E-state index in [1.54, 1.807) is 0 Å². The van der Waals surface area contributed by atoms with E-state index in [9.17, 15) is 0 Å². The first-order valence-electron chi connectivity index (χ1n) is 0.874. The number of rotatable bonds is 1. The van der Waals surface area contributed by atoms with Gasteiger partial charge in [0.05, 0.1) is 0 Å². The van der Waals surface area contributed by atoms with E-state index in [1.807, 2.05) is 0 Å². The van der Waals surface area contributed by atoms with Crippen LogP contribution in [0.1, 0.15) is 0 Å². The number of hydrogen-bond donors (Lipinski definition) is 0. The molecule has 0 atom stereocenters. The van der Waals surface area contributed by atoms with Crippen molar-refractivity contribution < 1.29 is 55.1 Å². The second-order valence-electron chi connectivity index (χ2n) is 0.385. The van der Waals surface area contributed by atoms with Crippen molar-refractivity contribution in [1.29, 1.82) is 0 Å². The summed E-state index contributed by atoms with van der Waals surface area (Å²) >= 11 is 0. The Bertz CT molecular complexity index is 22.0. The molecular weight excluding hydrogens is 114 g/mol. The average Bonchev–Trinajstić information content (AvgIpc) is 1.38. The summed E-state index contributed by atoms with van der Waals surface area (Å²) in [5.41, 5.74) is 0. The molecule has 38 valence electrons. The molecule has 7 heavy (non-hydrogen) atoms. The second kappa shape index (κ2) is 9.98. The molecule has 0 spiro atoms. The van der Waals surface area contributed by atoms with Crippen LogP contribution in [0.5, 0.6) is 0 Å². The maximum atomic E-state index is 8.81. The van der Waals surface area contributed by atoms with Gasteiger partial charge in [0.2, 0.25) is 0 Å². The van der Waals surface area contributed by atoms with Crippen LogP contribution in [0.4, 0.5) is 0 Å². The van der Waals surface area contributed by atoms with E-state index < -0.39 is 7.32 Å². The zero-order chi connectivity index (χ0) is 4.28. The van der Waals surface area contributed by atoms with E-state index in [0.29, 0.717) is 0 Å². The van der Waals surface area contributed by atoms with Gasteiger partial charge in [-0.25, -0.2) is 0 Å². The second-order valence-corrected chi connectivity index (χ2v) is 0.385. The fourth-order valence-electron chi connectivity index (χ4n) is 0. The van der Waals surface area contributed by atoms with Crippen molar-refractivity contribution in [3.05, 3.63) is 0 Å². The quantitative estimate of drug-likeness (QED) is 0.192. The van der Waals surface area contributed by atoms with Gasteiger partial charge in [-0.1, -0.05) is 0 Å². The Morgan fingerprint density at radius 1 is 1.29 bits per heavy atom. The smallest absolute Gasteiger partial charge is 0.871 e. The summed E-state index contributed by atoms with van der Waals surface area (Å²) in [5, 5.41) is 26.1. The molecule has 0 radical (unpaired) electrons. The van der Waals surface area contributed by atoms with Gasteiger partial charge in [0, 0.05) is 7.32 Å². The molecule has 0 fully saturated rings. The predicted octanol–water partition coefficient (Wildman–Crippen LogP) is -7.84. The van der Waals surface area contributed by atoms with Crippen LogP contribution in [0.15, 0.2) is 0 Å². The van der Waals surface area contributed by atoms with Crippen molar-refractivity contribution in [1.82, 2.24) is 0 Å². The SMILES string of the molecule is O.[Na+].[O-]OB([O-])[O-]. The van der Waals surface area contributed by atoms with Crippen LogP contribution in [0.25, 0.3) is 0 Å². The molecule has 0 aromatic heterocycles. The Balaban J connectivity index is -0.0000000800. The molecule has 0 aliphatic heterocycles. The summed E-state index contributed by atoms with van der Waals surface area (Å²) in [6.45, 7) is 0. The Morgan fingerprint density at radius 3 is 1.43 bits per heavy atom. The monoisotopic (exact) mass is 116 g/mol. The zero-order valence-corrected chi connectivity index (χ0v) is 5.71. The summed E-state index contributed by atoms with van der Waals surface area (Å²) < 4.78 is 0. The van der Waals surface area contributed by atoms with Gasteiger partial charge in [-0.2, -0.15) is 0 Å². The maximum absolute atomic E-state index is 8.81. The van der Waals surface area contributed by atoms with Crippen LogP contribution >= 0.6 is 0 Å². The van der Waals surface area contributed by atoms with Gasteiger partial charge in [-0.05, 0) is 0 Å². The summed E-state index contributed by atoms with van der Waals surface area (Å²) in [6, 6.07) is 0. The van der Waals surface area contributed by atoms with Gasteiger partial charge >= 0.3 is 29.6 Å². The molecule has 0 bridgehead atoms. The third kappa shape index (κ3) is 19.8. The normalized spacial score (nSPS) is 5.57. The van der Waals surface area contributed by atoms with E-state index in [1.165, 1.54) is 0 Å². The minimum Gasteiger partial charge on any atom is -0.871 e. The molecule has 0 aliphatic rings. The molecule has 0 saturated heterocycles. The summed E-state index contributed by atoms with van der Waals surface area (Å²) in [4.78, 5) is 2.39. The first-order chi connectivity index (χ1) is 2.27. The summed E-state index contributed by atoms with van der Waals surface area (Å²) in [7, 11) is -2.67. The maximum Gasteiger partial charge on any atom is 1.00 e. The van der Waals surface area contributed by atoms with Crippen LogP contribution in [-0.4, -0.2) is 12.8 Å². The van der Waals surface area contributed by atoms with E-state index >= 15 is 0 Å². The molecule has 0 aromatic carbocycles. The van der Waals surface area contributed by atoms with E-state index in [2.05, 4.69) is 4.81 Å². The van der Waals surface area contributed by atoms with Crippen molar-refractivity contribution in [2.24, 2.45) is 0 Å². The fraction of sp³-hybridized carbons (Fsp3) is 0. The van der Waals surface area contributed by atoms with Gasteiger partial charge in [0.25, 0.3) is 0 Å². The van der Waals surface area contributed by atoms with Crippen LogP contribution in [-0.2, 0) is 4.81 Å². The van der Waals surface area contributed by atoms with Crippen LogP contribution in [0.3, 0.4) is 0 Å². The van der Waals surface area contributed by atoms with Crippen molar-refractivity contribution in [2.75, 3.05) is 0 Å². The Labute approximate surface area is 62.6 Å². The molecular formula is H2BNaO5-2. The number of hydrogen-bond acceptors (Lipinski definition) is 4. The molecule has 5 nitrogen and oxygen atoms in total. The van der Waals surface area contributed by atoms with Crippen molar-refractivity contribution >= 4 is 7.32 Å². The minimum atomic E-state index is -2.67. The third-order valence-corrected chi connectivity index (χ3v) is 0.0786. The van der Waals surface area contributed by atoms with Crippen molar-refractivity contribution in [3.63, 3.8) is 0 Å². The minimum absolute atomic E-state index is 0. The van der Waals surface area contributed by atoms with Gasteiger partial charge in [0.1, 0.15) is 0 Å². The first kappa shape index (κ1) is 15.7. The van der Waals surface area contributed by atoms with Crippen LogP contribution < -0.4 is 44.9 Å². The van der Waals surface area contributed by atoms with E-state index in [-0.39, 0.29) is 35.0 Å². The van der Waals surface area contributed by atoms with Gasteiger partial charge in [-0.3, -0.25) is 0 Å². The topological polar surface area (TPSA) is 110 Å². The summed E-state index contributed by atoms with van der Waals surface area (Å²) in [5.74, 6) is 0. The average molecular weight is 116 g/mol. The van der Waals surface area contributed by atoms with E-state index in [4.69, 9.17) is 15.3 Å². The van der Waals surface area contributed by atoms with Crippen LogP contribution in [0, 0.1) is 0 Å².